The average Bonchev–Trinajstić information content (AvgIpc) is 3.53. The van der Waals surface area contributed by atoms with Crippen molar-refractivity contribution >= 4 is 5.95 Å². The Morgan fingerprint density at radius 1 is 1.20 bits per heavy atom. The number of aromatic nitrogens is 6. The highest BCUT2D eigenvalue weighted by Gasteiger charge is 2.32. The van der Waals surface area contributed by atoms with Gasteiger partial charge in [-0.25, -0.2) is 4.98 Å². The van der Waals surface area contributed by atoms with Crippen molar-refractivity contribution in [2.24, 2.45) is 7.05 Å². The Labute approximate surface area is 172 Å². The summed E-state index contributed by atoms with van der Waals surface area (Å²) in [7, 11) is 1.93. The van der Waals surface area contributed by atoms with Crippen molar-refractivity contribution < 1.29 is 4.52 Å². The molecule has 0 aliphatic carbocycles. The number of benzene rings is 1. The summed E-state index contributed by atoms with van der Waals surface area (Å²) in [5.74, 6) is 2.07. The van der Waals surface area contributed by atoms with Gasteiger partial charge in [-0.05, 0) is 25.0 Å². The highest BCUT2D eigenvalue weighted by molar-refractivity contribution is 5.60. The van der Waals surface area contributed by atoms with E-state index >= 15 is 0 Å². The van der Waals surface area contributed by atoms with Gasteiger partial charge in [-0.2, -0.15) is 5.26 Å². The molecule has 4 aromatic rings. The molecule has 0 bridgehead atoms. The van der Waals surface area contributed by atoms with Gasteiger partial charge >= 0.3 is 0 Å². The van der Waals surface area contributed by atoms with Gasteiger partial charge in [0.1, 0.15) is 11.4 Å². The van der Waals surface area contributed by atoms with E-state index in [1.54, 1.807) is 30.7 Å². The van der Waals surface area contributed by atoms with E-state index in [1.807, 2.05) is 29.8 Å². The molecule has 0 saturated carbocycles. The lowest BCUT2D eigenvalue weighted by atomic mass is 10.1. The molecule has 30 heavy (non-hydrogen) atoms. The normalized spacial score (nSPS) is 16.0. The molecule has 4 heterocycles. The van der Waals surface area contributed by atoms with Crippen LogP contribution in [0.1, 0.15) is 30.1 Å². The van der Waals surface area contributed by atoms with Crippen LogP contribution in [0.3, 0.4) is 0 Å². The number of nitrogens with zero attached hydrogens (tertiary/aromatic N) is 8. The van der Waals surface area contributed by atoms with Crippen LogP contribution in [0.25, 0.3) is 22.8 Å². The molecule has 9 heteroatoms. The molecular formula is C21H18N8O. The van der Waals surface area contributed by atoms with Gasteiger partial charge in [0.05, 0.1) is 23.9 Å². The van der Waals surface area contributed by atoms with Crippen molar-refractivity contribution in [3.05, 3.63) is 60.2 Å². The van der Waals surface area contributed by atoms with Crippen LogP contribution in [0.4, 0.5) is 5.95 Å². The van der Waals surface area contributed by atoms with E-state index in [0.29, 0.717) is 22.8 Å². The van der Waals surface area contributed by atoms with E-state index in [1.165, 1.54) is 0 Å². The first-order chi connectivity index (χ1) is 14.7. The van der Waals surface area contributed by atoms with Crippen molar-refractivity contribution in [2.75, 3.05) is 11.4 Å². The molecule has 1 atom stereocenters. The minimum absolute atomic E-state index is 0.0410. The molecular weight excluding hydrogens is 380 g/mol. The largest absolute Gasteiger partial charge is 0.356 e. The van der Waals surface area contributed by atoms with Crippen molar-refractivity contribution in [2.45, 2.75) is 18.9 Å². The first-order valence-corrected chi connectivity index (χ1v) is 9.64. The monoisotopic (exact) mass is 398 g/mol. The van der Waals surface area contributed by atoms with Crippen LogP contribution in [0, 0.1) is 11.3 Å². The maximum Gasteiger partial charge on any atom is 0.227 e. The second-order valence-corrected chi connectivity index (χ2v) is 7.13. The fourth-order valence-electron chi connectivity index (χ4n) is 3.85. The number of hydrogen-bond acceptors (Lipinski definition) is 8. The van der Waals surface area contributed by atoms with Crippen LogP contribution in [0.15, 0.2) is 53.4 Å². The molecule has 9 nitrogen and oxygen atoms in total. The Bertz CT molecular complexity index is 1220. The Hall–Kier alpha value is -4.06. The van der Waals surface area contributed by atoms with E-state index < -0.39 is 0 Å². The molecule has 0 unspecified atom stereocenters. The predicted octanol–water partition coefficient (Wildman–Crippen LogP) is 3.14. The molecule has 1 aliphatic rings. The molecule has 0 spiro atoms. The minimum atomic E-state index is 0.0410. The second kappa shape index (κ2) is 7.40. The van der Waals surface area contributed by atoms with Crippen molar-refractivity contribution in [1.29, 1.82) is 5.26 Å². The van der Waals surface area contributed by atoms with Crippen molar-refractivity contribution in [3.63, 3.8) is 0 Å². The molecule has 5 rings (SSSR count). The predicted molar refractivity (Wildman–Crippen MR) is 108 cm³/mol. The van der Waals surface area contributed by atoms with Crippen LogP contribution in [0.2, 0.25) is 0 Å². The van der Waals surface area contributed by atoms with Gasteiger partial charge in [0.15, 0.2) is 11.6 Å². The molecule has 148 valence electrons. The summed E-state index contributed by atoms with van der Waals surface area (Å²) in [6.45, 7) is 0.850. The van der Waals surface area contributed by atoms with E-state index in [4.69, 9.17) is 9.78 Å². The number of anilines is 1. The summed E-state index contributed by atoms with van der Waals surface area (Å²) in [4.78, 5) is 10.6. The van der Waals surface area contributed by atoms with Gasteiger partial charge in [-0.3, -0.25) is 9.55 Å². The number of hydrogen-bond donors (Lipinski definition) is 0. The van der Waals surface area contributed by atoms with Gasteiger partial charge < -0.3 is 9.42 Å². The highest BCUT2D eigenvalue weighted by atomic mass is 16.5. The molecule has 1 saturated heterocycles. The van der Waals surface area contributed by atoms with Crippen LogP contribution < -0.4 is 4.90 Å². The summed E-state index contributed by atoms with van der Waals surface area (Å²) in [5.41, 5.74) is 2.94. The topological polar surface area (TPSA) is 110 Å². The molecule has 0 amide bonds. The average molecular weight is 398 g/mol. The maximum atomic E-state index is 9.13. The van der Waals surface area contributed by atoms with Crippen molar-refractivity contribution in [1.82, 2.24) is 29.9 Å². The summed E-state index contributed by atoms with van der Waals surface area (Å²) >= 11 is 0. The quantitative estimate of drug-likeness (QED) is 0.516. The standard InChI is InChI=1S/C21H18N8O/c1-28-20(17-13-23-7-8-24-17)25-26-21(28)29-9-3-6-18(29)16-11-19(30-27-16)15-5-2-4-14(10-15)12-22/h2,4-5,7-8,10-11,13,18H,3,6,9H2,1H3/t18-/m1/s1. The maximum absolute atomic E-state index is 9.13. The lowest BCUT2D eigenvalue weighted by molar-refractivity contribution is 0.416. The van der Waals surface area contributed by atoms with Crippen LogP contribution in [-0.2, 0) is 7.05 Å². The zero-order valence-corrected chi connectivity index (χ0v) is 16.3. The molecule has 1 aliphatic heterocycles. The Balaban J connectivity index is 1.45. The zero-order chi connectivity index (χ0) is 20.5. The van der Waals surface area contributed by atoms with E-state index in [0.717, 1.165) is 36.6 Å². The van der Waals surface area contributed by atoms with Crippen LogP contribution in [0.5, 0.6) is 0 Å². The summed E-state index contributed by atoms with van der Waals surface area (Å²) in [6.07, 6.45) is 6.91. The van der Waals surface area contributed by atoms with Crippen LogP contribution >= 0.6 is 0 Å². The first-order valence-electron chi connectivity index (χ1n) is 9.64. The van der Waals surface area contributed by atoms with Gasteiger partial charge in [0.25, 0.3) is 0 Å². The SMILES string of the molecule is Cn1c(-c2cnccn2)nnc1N1CCC[C@@H]1c1cc(-c2cccc(C#N)c2)on1. The summed E-state index contributed by atoms with van der Waals surface area (Å²) in [6, 6.07) is 11.4. The number of nitriles is 1. The first kappa shape index (κ1) is 18.0. The Morgan fingerprint density at radius 2 is 2.13 bits per heavy atom. The third-order valence-electron chi connectivity index (χ3n) is 5.30. The van der Waals surface area contributed by atoms with Gasteiger partial charge in [0.2, 0.25) is 5.95 Å². The molecule has 0 radical (unpaired) electrons. The summed E-state index contributed by atoms with van der Waals surface area (Å²) in [5, 5.41) is 22.2. The molecule has 0 N–H and O–H groups in total. The fraction of sp³-hybridized carbons (Fsp3) is 0.238. The van der Waals surface area contributed by atoms with E-state index in [9.17, 15) is 0 Å². The van der Waals surface area contributed by atoms with Crippen LogP contribution in [-0.4, -0.2) is 36.4 Å². The molecule has 1 aromatic carbocycles. The molecule has 1 fully saturated rings. The smallest absolute Gasteiger partial charge is 0.227 e. The Kier molecular flexibility index (Phi) is 4.44. The number of rotatable bonds is 4. The Morgan fingerprint density at radius 3 is 2.97 bits per heavy atom. The second-order valence-electron chi connectivity index (χ2n) is 7.13. The lowest BCUT2D eigenvalue weighted by Gasteiger charge is -2.23. The van der Waals surface area contributed by atoms with Gasteiger partial charge in [0, 0.05) is 37.6 Å². The zero-order valence-electron chi connectivity index (χ0n) is 16.3. The van der Waals surface area contributed by atoms with E-state index in [-0.39, 0.29) is 6.04 Å². The lowest BCUT2D eigenvalue weighted by Crippen LogP contribution is -2.25. The minimum Gasteiger partial charge on any atom is -0.356 e. The third kappa shape index (κ3) is 3.08. The summed E-state index contributed by atoms with van der Waals surface area (Å²) < 4.78 is 7.53. The highest BCUT2D eigenvalue weighted by Crippen LogP contribution is 2.37. The van der Waals surface area contributed by atoms with Gasteiger partial charge in [-0.1, -0.05) is 17.3 Å². The molecule has 3 aromatic heterocycles. The van der Waals surface area contributed by atoms with Gasteiger partial charge in [-0.15, -0.1) is 10.2 Å². The van der Waals surface area contributed by atoms with Crippen molar-refractivity contribution in [3.8, 4) is 28.9 Å². The van der Waals surface area contributed by atoms with E-state index in [2.05, 4.69) is 36.3 Å². The third-order valence-corrected chi connectivity index (χ3v) is 5.30. The fourth-order valence-corrected chi connectivity index (χ4v) is 3.85.